The Morgan fingerprint density at radius 1 is 1.39 bits per heavy atom. The molecule has 1 saturated heterocycles. The summed E-state index contributed by atoms with van der Waals surface area (Å²) < 4.78 is 24.5. The smallest absolute Gasteiger partial charge is 0.295 e. The summed E-state index contributed by atoms with van der Waals surface area (Å²) in [5, 5.41) is 3.13. The molecule has 1 atom stereocenters. The van der Waals surface area contributed by atoms with Crippen molar-refractivity contribution in [3.63, 3.8) is 0 Å². The second kappa shape index (κ2) is 7.50. The number of ether oxygens (including phenoxy) is 1. The summed E-state index contributed by atoms with van der Waals surface area (Å²) in [7, 11) is 1.57. The highest BCUT2D eigenvalue weighted by atomic mass is 19.1. The van der Waals surface area contributed by atoms with Gasteiger partial charge in [0.2, 0.25) is 0 Å². The summed E-state index contributed by atoms with van der Waals surface area (Å²) >= 11 is 0. The third-order valence-corrected chi connectivity index (χ3v) is 5.07. The number of carbonyl (C=O) groups excluding carboxylic acids is 1. The number of halogens is 1. The summed E-state index contributed by atoms with van der Waals surface area (Å²) in [6, 6.07) is 10.6. The molecule has 0 saturated carbocycles. The SMILES string of the molecule is COc1ccc(C)cc1C(=O)N1CC[C@H](CNc2nc3cccc(F)c3o2)C1. The third kappa shape index (κ3) is 3.52. The van der Waals surface area contributed by atoms with Gasteiger partial charge in [-0.2, -0.15) is 4.98 Å². The number of nitrogens with zero attached hydrogens (tertiary/aromatic N) is 2. The van der Waals surface area contributed by atoms with E-state index in [-0.39, 0.29) is 17.4 Å². The lowest BCUT2D eigenvalue weighted by molar-refractivity contribution is 0.0784. The van der Waals surface area contributed by atoms with Crippen molar-refractivity contribution in [2.45, 2.75) is 13.3 Å². The molecule has 7 heteroatoms. The second-order valence-corrected chi connectivity index (χ2v) is 7.10. The van der Waals surface area contributed by atoms with E-state index in [1.807, 2.05) is 30.0 Å². The van der Waals surface area contributed by atoms with Crippen molar-refractivity contribution in [2.24, 2.45) is 5.92 Å². The molecule has 6 nitrogen and oxygen atoms in total. The Kier molecular flexibility index (Phi) is 4.90. The van der Waals surface area contributed by atoms with Gasteiger partial charge in [0, 0.05) is 19.6 Å². The van der Waals surface area contributed by atoms with Crippen molar-refractivity contribution >= 4 is 23.0 Å². The van der Waals surface area contributed by atoms with Crippen LogP contribution in [0.25, 0.3) is 11.1 Å². The third-order valence-electron chi connectivity index (χ3n) is 5.07. The van der Waals surface area contributed by atoms with Crippen LogP contribution >= 0.6 is 0 Å². The predicted molar refractivity (Wildman–Crippen MR) is 104 cm³/mol. The molecule has 1 aliphatic rings. The first kappa shape index (κ1) is 18.3. The number of amides is 1. The van der Waals surface area contributed by atoms with E-state index in [4.69, 9.17) is 9.15 Å². The molecule has 3 aromatic rings. The molecule has 1 fully saturated rings. The van der Waals surface area contributed by atoms with Gasteiger partial charge in [0.25, 0.3) is 11.9 Å². The number of hydrogen-bond donors (Lipinski definition) is 1. The molecular formula is C21H22FN3O3. The first-order valence-electron chi connectivity index (χ1n) is 9.28. The Bertz CT molecular complexity index is 1020. The Labute approximate surface area is 162 Å². The van der Waals surface area contributed by atoms with Crippen LogP contribution < -0.4 is 10.1 Å². The zero-order chi connectivity index (χ0) is 19.7. The summed E-state index contributed by atoms with van der Waals surface area (Å²) in [5.74, 6) is 0.403. The highest BCUT2D eigenvalue weighted by Gasteiger charge is 2.28. The van der Waals surface area contributed by atoms with Crippen LogP contribution in [0.5, 0.6) is 5.75 Å². The number of hydrogen-bond acceptors (Lipinski definition) is 5. The number of aryl methyl sites for hydroxylation is 1. The van der Waals surface area contributed by atoms with Crippen LogP contribution in [0, 0.1) is 18.7 Å². The number of likely N-dealkylation sites (tertiary alicyclic amines) is 1. The number of nitrogens with one attached hydrogen (secondary N) is 1. The first-order chi connectivity index (χ1) is 13.5. The van der Waals surface area contributed by atoms with Crippen LogP contribution in [-0.2, 0) is 0 Å². The molecule has 28 heavy (non-hydrogen) atoms. The summed E-state index contributed by atoms with van der Waals surface area (Å²) in [4.78, 5) is 19.0. The number of carbonyl (C=O) groups is 1. The molecule has 0 spiro atoms. The summed E-state index contributed by atoms with van der Waals surface area (Å²) in [6.07, 6.45) is 0.876. The lowest BCUT2D eigenvalue weighted by Crippen LogP contribution is -2.30. The summed E-state index contributed by atoms with van der Waals surface area (Å²) in [5.41, 5.74) is 2.24. The van der Waals surface area contributed by atoms with Gasteiger partial charge in [-0.15, -0.1) is 0 Å². The number of benzene rings is 2. The number of rotatable bonds is 5. The molecule has 2 aromatic carbocycles. The van der Waals surface area contributed by atoms with Crippen LogP contribution in [0.1, 0.15) is 22.3 Å². The Hall–Kier alpha value is -3.09. The van der Waals surface area contributed by atoms with E-state index in [1.165, 1.54) is 6.07 Å². The van der Waals surface area contributed by atoms with Crippen molar-refractivity contribution in [3.05, 3.63) is 53.3 Å². The zero-order valence-electron chi connectivity index (χ0n) is 15.9. The van der Waals surface area contributed by atoms with Gasteiger partial charge in [0.1, 0.15) is 11.3 Å². The molecule has 1 N–H and O–H groups in total. The van der Waals surface area contributed by atoms with Gasteiger partial charge in [-0.3, -0.25) is 4.79 Å². The molecular weight excluding hydrogens is 361 g/mol. The second-order valence-electron chi connectivity index (χ2n) is 7.10. The van der Waals surface area contributed by atoms with Gasteiger partial charge in [-0.05, 0) is 43.5 Å². The van der Waals surface area contributed by atoms with Gasteiger partial charge < -0.3 is 19.4 Å². The molecule has 0 radical (unpaired) electrons. The Balaban J connectivity index is 1.39. The maximum atomic E-state index is 13.7. The lowest BCUT2D eigenvalue weighted by Gasteiger charge is -2.18. The quantitative estimate of drug-likeness (QED) is 0.725. The Morgan fingerprint density at radius 3 is 3.04 bits per heavy atom. The molecule has 1 amide bonds. The van der Waals surface area contributed by atoms with E-state index in [0.29, 0.717) is 42.5 Å². The fourth-order valence-electron chi connectivity index (χ4n) is 3.57. The molecule has 1 aliphatic heterocycles. The fourth-order valence-corrected chi connectivity index (χ4v) is 3.57. The summed E-state index contributed by atoms with van der Waals surface area (Å²) in [6.45, 7) is 3.88. The molecule has 0 unspecified atom stereocenters. The van der Waals surface area contributed by atoms with E-state index >= 15 is 0 Å². The molecule has 1 aromatic heterocycles. The van der Waals surface area contributed by atoms with E-state index in [1.54, 1.807) is 19.2 Å². The molecule has 0 bridgehead atoms. The van der Waals surface area contributed by atoms with Crippen LogP contribution in [0.15, 0.2) is 40.8 Å². The number of fused-ring (bicyclic) bond motifs is 1. The maximum Gasteiger partial charge on any atom is 0.295 e. The lowest BCUT2D eigenvalue weighted by atomic mass is 10.1. The van der Waals surface area contributed by atoms with E-state index in [0.717, 1.165) is 12.0 Å². The highest BCUT2D eigenvalue weighted by molar-refractivity contribution is 5.97. The number of methoxy groups -OCH3 is 1. The number of aromatic nitrogens is 1. The highest BCUT2D eigenvalue weighted by Crippen LogP contribution is 2.26. The van der Waals surface area contributed by atoms with Crippen molar-refractivity contribution in [1.82, 2.24) is 9.88 Å². The number of oxazole rings is 1. The van der Waals surface area contributed by atoms with E-state index in [9.17, 15) is 9.18 Å². The molecule has 2 heterocycles. The van der Waals surface area contributed by atoms with Crippen molar-refractivity contribution in [2.75, 3.05) is 32.1 Å². The van der Waals surface area contributed by atoms with Gasteiger partial charge in [0.05, 0.1) is 12.7 Å². The number of anilines is 1. The average Bonchev–Trinajstić information content (AvgIpc) is 3.33. The van der Waals surface area contributed by atoms with Gasteiger partial charge in [-0.25, -0.2) is 4.39 Å². The fraction of sp³-hybridized carbons (Fsp3) is 0.333. The topological polar surface area (TPSA) is 67.6 Å². The largest absolute Gasteiger partial charge is 0.496 e. The zero-order valence-corrected chi connectivity index (χ0v) is 15.9. The van der Waals surface area contributed by atoms with Crippen molar-refractivity contribution in [3.8, 4) is 5.75 Å². The van der Waals surface area contributed by atoms with E-state index < -0.39 is 5.82 Å². The molecule has 4 rings (SSSR count). The standard InChI is InChI=1S/C21H22FN3O3/c1-13-6-7-18(27-2)15(10-13)20(26)25-9-8-14(12-25)11-23-21-24-17-5-3-4-16(22)19(17)28-21/h3-7,10,14H,8-9,11-12H2,1-2H3,(H,23,24)/t14-/m1/s1. The van der Waals surface area contributed by atoms with Crippen LogP contribution in [0.3, 0.4) is 0 Å². The monoisotopic (exact) mass is 383 g/mol. The van der Waals surface area contributed by atoms with Crippen molar-refractivity contribution < 1.29 is 18.3 Å². The van der Waals surface area contributed by atoms with Crippen LogP contribution in [0.2, 0.25) is 0 Å². The average molecular weight is 383 g/mol. The van der Waals surface area contributed by atoms with Crippen LogP contribution in [0.4, 0.5) is 10.4 Å². The van der Waals surface area contributed by atoms with Gasteiger partial charge >= 0.3 is 0 Å². The normalized spacial score (nSPS) is 16.5. The minimum absolute atomic E-state index is 0.0213. The minimum Gasteiger partial charge on any atom is -0.496 e. The predicted octanol–water partition coefficient (Wildman–Crippen LogP) is 3.86. The van der Waals surface area contributed by atoms with E-state index in [2.05, 4.69) is 10.3 Å². The van der Waals surface area contributed by atoms with Gasteiger partial charge in [-0.1, -0.05) is 17.7 Å². The molecule has 0 aliphatic carbocycles. The van der Waals surface area contributed by atoms with Gasteiger partial charge in [0.15, 0.2) is 11.4 Å². The van der Waals surface area contributed by atoms with Crippen molar-refractivity contribution in [1.29, 1.82) is 0 Å². The molecule has 146 valence electrons. The first-order valence-corrected chi connectivity index (χ1v) is 9.28. The minimum atomic E-state index is -0.428. The number of para-hydroxylation sites is 1. The Morgan fingerprint density at radius 2 is 2.25 bits per heavy atom. The van der Waals surface area contributed by atoms with Crippen LogP contribution in [-0.4, -0.2) is 42.5 Å². The maximum absolute atomic E-state index is 13.7.